The Morgan fingerprint density at radius 1 is 1.31 bits per heavy atom. The van der Waals surface area contributed by atoms with Crippen molar-refractivity contribution in [3.8, 4) is 0 Å². The summed E-state index contributed by atoms with van der Waals surface area (Å²) in [5.41, 5.74) is 0. The van der Waals surface area contributed by atoms with Gasteiger partial charge in [-0.05, 0) is 39.2 Å². The van der Waals surface area contributed by atoms with Crippen LogP contribution in [0.1, 0.15) is 39.0 Å². The van der Waals surface area contributed by atoms with Crippen LogP contribution in [-0.4, -0.2) is 48.3 Å². The van der Waals surface area contributed by atoms with Gasteiger partial charge in [-0.1, -0.05) is 12.8 Å². The summed E-state index contributed by atoms with van der Waals surface area (Å²) in [5.74, 6) is 0.495. The molecule has 0 bridgehead atoms. The largest absolute Gasteiger partial charge is 0.396 e. The fraction of sp³-hybridized carbons (Fsp3) is 1.00. The molecule has 2 N–H and O–H groups in total. The number of hydrogen-bond donors (Lipinski definition) is 2. The number of nitrogens with zero attached hydrogens (tertiary/aromatic N) is 1. The molecule has 0 aromatic carbocycles. The fourth-order valence-corrected chi connectivity index (χ4v) is 3.26. The lowest BCUT2D eigenvalue weighted by Crippen LogP contribution is -2.46. The summed E-state index contributed by atoms with van der Waals surface area (Å²) in [6, 6.07) is 1.90. The van der Waals surface area contributed by atoms with Gasteiger partial charge in [0.25, 0.3) is 0 Å². The Morgan fingerprint density at radius 3 is 2.69 bits per heavy atom. The maximum atomic E-state index is 9.39. The van der Waals surface area contributed by atoms with Crippen LogP contribution in [0.15, 0.2) is 0 Å². The molecule has 3 nitrogen and oxygen atoms in total. The van der Waals surface area contributed by atoms with E-state index in [1.807, 2.05) is 0 Å². The minimum Gasteiger partial charge on any atom is -0.396 e. The molecular formula is C13H26N2O. The smallest absolute Gasteiger partial charge is 0.0474 e. The van der Waals surface area contributed by atoms with Crippen LogP contribution in [0.3, 0.4) is 0 Å². The highest BCUT2D eigenvalue weighted by Gasteiger charge is 2.31. The van der Waals surface area contributed by atoms with Gasteiger partial charge in [0.15, 0.2) is 0 Å². The molecule has 0 radical (unpaired) electrons. The molecule has 2 aliphatic rings. The van der Waals surface area contributed by atoms with Gasteiger partial charge in [-0.2, -0.15) is 0 Å². The minimum absolute atomic E-state index is 0.357. The van der Waals surface area contributed by atoms with Crippen LogP contribution in [-0.2, 0) is 0 Å². The zero-order valence-electron chi connectivity index (χ0n) is 10.7. The molecule has 16 heavy (non-hydrogen) atoms. The van der Waals surface area contributed by atoms with Crippen molar-refractivity contribution in [2.75, 3.05) is 20.2 Å². The average molecular weight is 226 g/mol. The number of aliphatic hydroxyl groups is 1. The minimum atomic E-state index is 0.357. The second-order valence-electron chi connectivity index (χ2n) is 5.72. The van der Waals surface area contributed by atoms with Crippen molar-refractivity contribution in [2.24, 2.45) is 5.92 Å². The normalized spacial score (nSPS) is 41.4. The Labute approximate surface area is 99.2 Å². The predicted octanol–water partition coefficient (Wildman–Crippen LogP) is 1.22. The van der Waals surface area contributed by atoms with E-state index in [1.165, 1.54) is 32.1 Å². The Bertz CT molecular complexity index is 212. The van der Waals surface area contributed by atoms with E-state index in [9.17, 15) is 5.11 Å². The summed E-state index contributed by atoms with van der Waals surface area (Å²) in [5, 5.41) is 13.2. The van der Waals surface area contributed by atoms with Crippen molar-refractivity contribution >= 4 is 0 Å². The second kappa shape index (κ2) is 5.48. The molecule has 2 rings (SSSR count). The molecule has 0 aromatic heterocycles. The van der Waals surface area contributed by atoms with E-state index >= 15 is 0 Å². The van der Waals surface area contributed by atoms with E-state index in [0.717, 1.165) is 6.54 Å². The van der Waals surface area contributed by atoms with Crippen LogP contribution < -0.4 is 5.32 Å². The molecule has 0 aromatic rings. The van der Waals surface area contributed by atoms with Crippen LogP contribution in [0.25, 0.3) is 0 Å². The summed E-state index contributed by atoms with van der Waals surface area (Å²) in [6.45, 7) is 3.82. The molecule has 0 spiro atoms. The topological polar surface area (TPSA) is 35.5 Å². The van der Waals surface area contributed by atoms with E-state index < -0.39 is 0 Å². The zero-order valence-corrected chi connectivity index (χ0v) is 10.7. The van der Waals surface area contributed by atoms with Crippen molar-refractivity contribution < 1.29 is 5.11 Å². The van der Waals surface area contributed by atoms with Gasteiger partial charge in [-0.25, -0.2) is 0 Å². The lowest BCUT2D eigenvalue weighted by molar-refractivity contribution is 0.146. The third-order valence-corrected chi connectivity index (χ3v) is 4.48. The molecular weight excluding hydrogens is 200 g/mol. The van der Waals surface area contributed by atoms with Gasteiger partial charge in [0.2, 0.25) is 0 Å². The van der Waals surface area contributed by atoms with Crippen LogP contribution >= 0.6 is 0 Å². The molecule has 2 fully saturated rings. The van der Waals surface area contributed by atoms with Gasteiger partial charge >= 0.3 is 0 Å². The van der Waals surface area contributed by atoms with Crippen LogP contribution in [0.5, 0.6) is 0 Å². The van der Waals surface area contributed by atoms with Gasteiger partial charge in [0.1, 0.15) is 0 Å². The Hall–Kier alpha value is -0.120. The standard InChI is InChI=1S/C13H26N2O/c1-10-7-12(8-15(10)2)14-13-6-4-3-5-11(13)9-16/h10-14,16H,3-9H2,1-2H3. The number of aliphatic hydroxyl groups excluding tert-OH is 1. The second-order valence-corrected chi connectivity index (χ2v) is 5.72. The molecule has 0 amide bonds. The number of likely N-dealkylation sites (N-methyl/N-ethyl adjacent to an activating group) is 1. The lowest BCUT2D eigenvalue weighted by atomic mass is 9.84. The average Bonchev–Trinajstić information content (AvgIpc) is 2.59. The lowest BCUT2D eigenvalue weighted by Gasteiger charge is -2.33. The number of likely N-dealkylation sites (tertiary alicyclic amines) is 1. The highest BCUT2D eigenvalue weighted by molar-refractivity contribution is 4.90. The third kappa shape index (κ3) is 2.76. The van der Waals surface area contributed by atoms with Gasteiger partial charge in [0.05, 0.1) is 0 Å². The summed E-state index contributed by atoms with van der Waals surface area (Å²) in [7, 11) is 2.21. The third-order valence-electron chi connectivity index (χ3n) is 4.48. The van der Waals surface area contributed by atoms with E-state index in [1.54, 1.807) is 0 Å². The maximum absolute atomic E-state index is 9.39. The van der Waals surface area contributed by atoms with E-state index in [0.29, 0.717) is 30.7 Å². The van der Waals surface area contributed by atoms with Gasteiger partial charge in [-0.15, -0.1) is 0 Å². The first kappa shape index (κ1) is 12.3. The van der Waals surface area contributed by atoms with Crippen LogP contribution in [0.4, 0.5) is 0 Å². The Kier molecular flexibility index (Phi) is 4.22. The Balaban J connectivity index is 1.84. The molecule has 1 saturated heterocycles. The summed E-state index contributed by atoms with van der Waals surface area (Å²) in [4.78, 5) is 2.43. The van der Waals surface area contributed by atoms with Crippen molar-refractivity contribution in [1.82, 2.24) is 10.2 Å². The van der Waals surface area contributed by atoms with Gasteiger partial charge in [-0.3, -0.25) is 0 Å². The maximum Gasteiger partial charge on any atom is 0.0474 e. The number of rotatable bonds is 3. The zero-order chi connectivity index (χ0) is 11.5. The molecule has 1 aliphatic carbocycles. The van der Waals surface area contributed by atoms with Crippen molar-refractivity contribution in [2.45, 2.75) is 57.2 Å². The molecule has 1 aliphatic heterocycles. The monoisotopic (exact) mass is 226 g/mol. The summed E-state index contributed by atoms with van der Waals surface area (Å²) < 4.78 is 0. The van der Waals surface area contributed by atoms with E-state index in [4.69, 9.17) is 0 Å². The highest BCUT2D eigenvalue weighted by Crippen LogP contribution is 2.26. The first-order valence-corrected chi connectivity index (χ1v) is 6.78. The van der Waals surface area contributed by atoms with E-state index in [-0.39, 0.29) is 0 Å². The summed E-state index contributed by atoms with van der Waals surface area (Å²) >= 11 is 0. The van der Waals surface area contributed by atoms with Gasteiger partial charge < -0.3 is 15.3 Å². The molecule has 94 valence electrons. The van der Waals surface area contributed by atoms with Crippen molar-refractivity contribution in [3.05, 3.63) is 0 Å². The van der Waals surface area contributed by atoms with Gasteiger partial charge in [0, 0.05) is 31.3 Å². The highest BCUT2D eigenvalue weighted by atomic mass is 16.3. The molecule has 4 atom stereocenters. The SMILES string of the molecule is CC1CC(NC2CCCCC2CO)CN1C. The van der Waals surface area contributed by atoms with Crippen LogP contribution in [0, 0.1) is 5.92 Å². The quantitative estimate of drug-likeness (QED) is 0.759. The van der Waals surface area contributed by atoms with E-state index in [2.05, 4.69) is 24.2 Å². The van der Waals surface area contributed by atoms with Crippen molar-refractivity contribution in [1.29, 1.82) is 0 Å². The summed E-state index contributed by atoms with van der Waals surface area (Å²) in [6.07, 6.45) is 6.33. The predicted molar refractivity (Wildman–Crippen MR) is 66.5 cm³/mol. The van der Waals surface area contributed by atoms with Crippen molar-refractivity contribution in [3.63, 3.8) is 0 Å². The van der Waals surface area contributed by atoms with Crippen LogP contribution in [0.2, 0.25) is 0 Å². The fourth-order valence-electron chi connectivity index (χ4n) is 3.26. The molecule has 4 unspecified atom stereocenters. The first-order valence-electron chi connectivity index (χ1n) is 6.78. The Morgan fingerprint density at radius 2 is 2.06 bits per heavy atom. The molecule has 1 heterocycles. The molecule has 1 saturated carbocycles. The number of hydrogen-bond acceptors (Lipinski definition) is 3. The molecule has 3 heteroatoms. The first-order chi connectivity index (χ1) is 7.70. The number of nitrogens with one attached hydrogen (secondary N) is 1.